The van der Waals surface area contributed by atoms with E-state index in [9.17, 15) is 0 Å². The van der Waals surface area contributed by atoms with Crippen molar-refractivity contribution in [3.8, 4) is 0 Å². The van der Waals surface area contributed by atoms with Gasteiger partial charge in [0.2, 0.25) is 0 Å². The van der Waals surface area contributed by atoms with E-state index in [1.165, 1.54) is 11.3 Å². The molecule has 0 aliphatic rings. The first-order valence-electron chi connectivity index (χ1n) is 8.23. The zero-order chi connectivity index (χ0) is 18.7. The predicted molar refractivity (Wildman–Crippen MR) is 104 cm³/mol. The van der Waals surface area contributed by atoms with Gasteiger partial charge in [0.1, 0.15) is 0 Å². The van der Waals surface area contributed by atoms with Gasteiger partial charge in [0.05, 0.1) is 11.4 Å². The number of aryl methyl sites for hydroxylation is 2. The third kappa shape index (κ3) is 4.95. The van der Waals surface area contributed by atoms with Crippen LogP contribution in [0.15, 0.2) is 25.4 Å². The van der Waals surface area contributed by atoms with Gasteiger partial charge in [-0.2, -0.15) is 10.2 Å². The highest BCUT2D eigenvalue weighted by molar-refractivity contribution is 5.48. The second-order valence-electron chi connectivity index (χ2n) is 8.09. The van der Waals surface area contributed by atoms with E-state index >= 15 is 0 Å². The molecule has 0 aromatic carbocycles. The van der Waals surface area contributed by atoms with Crippen molar-refractivity contribution in [3.05, 3.63) is 48.1 Å². The van der Waals surface area contributed by atoms with Crippen LogP contribution in [0.2, 0.25) is 0 Å². The largest absolute Gasteiger partial charge is 0.275 e. The third-order valence-corrected chi connectivity index (χ3v) is 3.73. The van der Waals surface area contributed by atoms with Gasteiger partial charge in [0.15, 0.2) is 0 Å². The lowest BCUT2D eigenvalue weighted by Crippen LogP contribution is -2.16. The summed E-state index contributed by atoms with van der Waals surface area (Å²) >= 11 is 0. The topological polar surface area (TPSA) is 35.6 Å². The van der Waals surface area contributed by atoms with Crippen LogP contribution in [0, 0.1) is 0 Å². The molecule has 2 heterocycles. The van der Waals surface area contributed by atoms with E-state index in [4.69, 9.17) is 0 Å². The van der Waals surface area contributed by atoms with Crippen molar-refractivity contribution in [2.24, 2.45) is 14.1 Å². The molecule has 24 heavy (non-hydrogen) atoms. The Kier molecular flexibility index (Phi) is 5.99. The Balaban J connectivity index is 0.000000240. The molecule has 0 amide bonds. The first-order valence-corrected chi connectivity index (χ1v) is 8.23. The van der Waals surface area contributed by atoms with E-state index in [0.717, 1.165) is 11.4 Å². The molecule has 0 bridgehead atoms. The van der Waals surface area contributed by atoms with Crippen LogP contribution >= 0.6 is 0 Å². The predicted octanol–water partition coefficient (Wildman–Crippen LogP) is 4.72. The molecule has 0 N–H and O–H groups in total. The maximum Gasteiger partial charge on any atom is 0.0882 e. The molecular formula is C20H32N4. The van der Waals surface area contributed by atoms with E-state index in [1.807, 2.05) is 23.5 Å². The Morgan fingerprint density at radius 1 is 0.917 bits per heavy atom. The van der Waals surface area contributed by atoms with Gasteiger partial charge in [-0.25, -0.2) is 0 Å². The van der Waals surface area contributed by atoms with Crippen LogP contribution in [0.5, 0.6) is 0 Å². The molecule has 0 saturated carbocycles. The Hall–Kier alpha value is -2.10. The highest BCUT2D eigenvalue weighted by atomic mass is 15.3. The normalized spacial score (nSPS) is 11.7. The molecule has 4 nitrogen and oxygen atoms in total. The lowest BCUT2D eigenvalue weighted by molar-refractivity contribution is 0.523. The van der Waals surface area contributed by atoms with Crippen molar-refractivity contribution in [3.63, 3.8) is 0 Å². The molecule has 0 aliphatic carbocycles. The maximum absolute atomic E-state index is 4.29. The van der Waals surface area contributed by atoms with E-state index in [0.29, 0.717) is 0 Å². The first kappa shape index (κ1) is 19.9. The minimum Gasteiger partial charge on any atom is -0.275 e. The van der Waals surface area contributed by atoms with Crippen LogP contribution in [-0.2, 0) is 24.9 Å². The summed E-state index contributed by atoms with van der Waals surface area (Å²) < 4.78 is 3.74. The van der Waals surface area contributed by atoms with Crippen molar-refractivity contribution in [2.75, 3.05) is 0 Å². The Bertz CT molecular complexity index is 703. The fraction of sp³-hybridized carbons (Fsp3) is 0.500. The van der Waals surface area contributed by atoms with E-state index in [-0.39, 0.29) is 10.8 Å². The van der Waals surface area contributed by atoms with Crippen molar-refractivity contribution in [2.45, 2.75) is 52.4 Å². The van der Waals surface area contributed by atoms with Gasteiger partial charge in [-0.3, -0.25) is 9.36 Å². The SMILES string of the molecule is C=Cc1cc(C(C)(C)C)n(C)n1.C=Cc1nn(C)cc1C(C)(C)C. The number of hydrogen-bond donors (Lipinski definition) is 0. The van der Waals surface area contributed by atoms with Crippen molar-refractivity contribution in [1.82, 2.24) is 19.6 Å². The van der Waals surface area contributed by atoms with E-state index in [1.54, 1.807) is 12.2 Å². The first-order chi connectivity index (χ1) is 10.9. The average Bonchev–Trinajstić information content (AvgIpc) is 3.01. The number of hydrogen-bond acceptors (Lipinski definition) is 2. The number of rotatable bonds is 2. The van der Waals surface area contributed by atoms with Gasteiger partial charge in [-0.05, 0) is 23.6 Å². The second-order valence-corrected chi connectivity index (χ2v) is 8.09. The smallest absolute Gasteiger partial charge is 0.0882 e. The van der Waals surface area contributed by atoms with E-state index in [2.05, 4.69) is 77.2 Å². The third-order valence-electron chi connectivity index (χ3n) is 3.73. The molecule has 0 aliphatic heterocycles. The van der Waals surface area contributed by atoms with Crippen molar-refractivity contribution < 1.29 is 0 Å². The molecule has 2 aromatic rings. The van der Waals surface area contributed by atoms with Gasteiger partial charge < -0.3 is 0 Å². The van der Waals surface area contributed by atoms with Crippen LogP contribution in [-0.4, -0.2) is 19.6 Å². The zero-order valence-corrected chi connectivity index (χ0v) is 16.5. The lowest BCUT2D eigenvalue weighted by atomic mass is 9.87. The molecule has 4 heteroatoms. The van der Waals surface area contributed by atoms with Crippen molar-refractivity contribution in [1.29, 1.82) is 0 Å². The van der Waals surface area contributed by atoms with Crippen LogP contribution in [0.1, 0.15) is 64.2 Å². The van der Waals surface area contributed by atoms with Crippen LogP contribution < -0.4 is 0 Å². The summed E-state index contributed by atoms with van der Waals surface area (Å²) in [5.41, 5.74) is 4.73. The van der Waals surface area contributed by atoms with Gasteiger partial charge in [0.25, 0.3) is 0 Å². The summed E-state index contributed by atoms with van der Waals surface area (Å²) in [7, 11) is 3.90. The standard InChI is InChI=1S/2C10H16N2/c1-6-9-8(10(2,3)4)7-12(5)11-9;1-6-8-7-9(10(2,3)4)12(5)11-8/h2*6-7H,1H2,2-5H3. The molecule has 0 saturated heterocycles. The number of nitrogens with zero attached hydrogens (tertiary/aromatic N) is 4. The quantitative estimate of drug-likeness (QED) is 0.799. The molecule has 0 radical (unpaired) electrons. The van der Waals surface area contributed by atoms with Gasteiger partial charge >= 0.3 is 0 Å². The average molecular weight is 329 g/mol. The second kappa shape index (κ2) is 7.20. The Morgan fingerprint density at radius 3 is 1.79 bits per heavy atom. The molecule has 2 aromatic heterocycles. The highest BCUT2D eigenvalue weighted by Crippen LogP contribution is 2.25. The summed E-state index contributed by atoms with van der Waals surface area (Å²) in [5.74, 6) is 0. The van der Waals surface area contributed by atoms with Crippen molar-refractivity contribution >= 4 is 12.2 Å². The summed E-state index contributed by atoms with van der Waals surface area (Å²) in [5, 5.41) is 8.59. The van der Waals surface area contributed by atoms with Crippen LogP contribution in [0.25, 0.3) is 12.2 Å². The summed E-state index contributed by atoms with van der Waals surface area (Å²) in [4.78, 5) is 0. The number of aromatic nitrogens is 4. The maximum atomic E-state index is 4.29. The fourth-order valence-corrected chi connectivity index (χ4v) is 2.53. The summed E-state index contributed by atoms with van der Waals surface area (Å²) in [6.45, 7) is 20.5. The summed E-state index contributed by atoms with van der Waals surface area (Å²) in [6.07, 6.45) is 5.63. The molecule has 0 fully saturated rings. The van der Waals surface area contributed by atoms with Gasteiger partial charge in [-0.15, -0.1) is 0 Å². The van der Waals surface area contributed by atoms with Crippen LogP contribution in [0.3, 0.4) is 0 Å². The van der Waals surface area contributed by atoms with E-state index < -0.39 is 0 Å². The Labute approximate surface area is 146 Å². The molecule has 0 atom stereocenters. The van der Waals surface area contributed by atoms with Crippen LogP contribution in [0.4, 0.5) is 0 Å². The highest BCUT2D eigenvalue weighted by Gasteiger charge is 2.19. The Morgan fingerprint density at radius 2 is 1.50 bits per heavy atom. The monoisotopic (exact) mass is 328 g/mol. The molecule has 2 rings (SSSR count). The fourth-order valence-electron chi connectivity index (χ4n) is 2.53. The minimum absolute atomic E-state index is 0.151. The molecule has 0 spiro atoms. The molecule has 0 unspecified atom stereocenters. The van der Waals surface area contributed by atoms with Gasteiger partial charge in [0, 0.05) is 37.0 Å². The lowest BCUT2D eigenvalue weighted by Gasteiger charge is -2.17. The molecule has 132 valence electrons. The summed E-state index contributed by atoms with van der Waals surface area (Å²) in [6, 6.07) is 2.08. The zero-order valence-electron chi connectivity index (χ0n) is 16.5. The molecular weight excluding hydrogens is 296 g/mol. The van der Waals surface area contributed by atoms with Gasteiger partial charge in [-0.1, -0.05) is 54.7 Å². The minimum atomic E-state index is 0.151.